The molecule has 1 aliphatic carbocycles. The monoisotopic (exact) mass is 251 g/mol. The zero-order valence-electron chi connectivity index (χ0n) is 10.7. The van der Waals surface area contributed by atoms with Crippen molar-refractivity contribution in [3.63, 3.8) is 0 Å². The van der Waals surface area contributed by atoms with E-state index in [1.54, 1.807) is 0 Å². The molecule has 0 aliphatic heterocycles. The van der Waals surface area contributed by atoms with Crippen LogP contribution in [0.5, 0.6) is 0 Å². The summed E-state index contributed by atoms with van der Waals surface area (Å²) >= 11 is 0. The van der Waals surface area contributed by atoms with Gasteiger partial charge < -0.3 is 15.8 Å². The predicted octanol–water partition coefficient (Wildman–Crippen LogP) is 0.897. The van der Waals surface area contributed by atoms with Gasteiger partial charge in [0.05, 0.1) is 0 Å². The van der Waals surface area contributed by atoms with Crippen LogP contribution in [-0.4, -0.2) is 27.7 Å². The van der Waals surface area contributed by atoms with Crippen LogP contribution in [0, 0.1) is 5.92 Å². The van der Waals surface area contributed by atoms with Crippen LogP contribution >= 0.6 is 0 Å². The molecule has 1 aromatic rings. The Bertz CT molecular complexity index is 398. The maximum Gasteiger partial charge on any atom is 0.148 e. The molecule has 1 saturated carbocycles. The fourth-order valence-corrected chi connectivity index (χ4v) is 2.62. The van der Waals surface area contributed by atoms with Crippen LogP contribution in [0.15, 0.2) is 6.33 Å². The van der Waals surface area contributed by atoms with Gasteiger partial charge in [-0.3, -0.25) is 0 Å². The highest BCUT2D eigenvalue weighted by atomic mass is 16.3. The summed E-state index contributed by atoms with van der Waals surface area (Å²) in [6.07, 6.45) is 5.60. The Morgan fingerprint density at radius 1 is 1.39 bits per heavy atom. The Balaban J connectivity index is 2.18. The second-order valence-corrected chi connectivity index (χ2v) is 4.67. The molecular weight excluding hydrogens is 230 g/mol. The predicted molar refractivity (Wildman–Crippen MR) is 71.1 cm³/mol. The number of anilines is 2. The van der Waals surface area contributed by atoms with Crippen molar-refractivity contribution in [2.75, 3.05) is 17.3 Å². The molecule has 0 spiro atoms. The third-order valence-corrected chi connectivity index (χ3v) is 3.65. The van der Waals surface area contributed by atoms with E-state index in [4.69, 9.17) is 5.84 Å². The van der Waals surface area contributed by atoms with Crippen LogP contribution < -0.4 is 16.6 Å². The quantitative estimate of drug-likeness (QED) is 0.458. The van der Waals surface area contributed by atoms with Crippen molar-refractivity contribution < 1.29 is 5.11 Å². The topological polar surface area (TPSA) is 96.1 Å². The number of nitrogens with two attached hydrogens (primary N) is 1. The zero-order valence-corrected chi connectivity index (χ0v) is 10.7. The van der Waals surface area contributed by atoms with E-state index in [0.29, 0.717) is 17.8 Å². The molecule has 0 radical (unpaired) electrons. The molecule has 1 aliphatic rings. The molecule has 18 heavy (non-hydrogen) atoms. The van der Waals surface area contributed by atoms with Crippen molar-refractivity contribution in [3.05, 3.63) is 11.9 Å². The summed E-state index contributed by atoms with van der Waals surface area (Å²) < 4.78 is 0. The van der Waals surface area contributed by atoms with E-state index in [2.05, 4.69) is 20.7 Å². The van der Waals surface area contributed by atoms with E-state index in [1.807, 2.05) is 6.92 Å². The lowest BCUT2D eigenvalue weighted by atomic mass is 10.0. The summed E-state index contributed by atoms with van der Waals surface area (Å²) in [5, 5.41) is 12.8. The maximum atomic E-state index is 9.34. The number of hydrogen-bond donors (Lipinski definition) is 4. The Hall–Kier alpha value is -1.40. The van der Waals surface area contributed by atoms with E-state index < -0.39 is 0 Å². The van der Waals surface area contributed by atoms with Gasteiger partial charge in [-0.1, -0.05) is 13.3 Å². The summed E-state index contributed by atoms with van der Waals surface area (Å²) in [6, 6.07) is 0.292. The molecule has 1 fully saturated rings. The highest BCUT2D eigenvalue weighted by molar-refractivity contribution is 5.57. The van der Waals surface area contributed by atoms with E-state index in [-0.39, 0.29) is 6.61 Å². The summed E-state index contributed by atoms with van der Waals surface area (Å²) in [7, 11) is 0. The smallest absolute Gasteiger partial charge is 0.148 e. The number of rotatable bonds is 5. The Morgan fingerprint density at radius 3 is 2.83 bits per heavy atom. The van der Waals surface area contributed by atoms with E-state index in [9.17, 15) is 5.11 Å². The first kappa shape index (κ1) is 13.0. The molecule has 0 bridgehead atoms. The van der Waals surface area contributed by atoms with Gasteiger partial charge in [-0.25, -0.2) is 15.8 Å². The third-order valence-electron chi connectivity index (χ3n) is 3.65. The second-order valence-electron chi connectivity index (χ2n) is 4.67. The van der Waals surface area contributed by atoms with E-state index >= 15 is 0 Å². The van der Waals surface area contributed by atoms with Crippen LogP contribution in [-0.2, 0) is 6.42 Å². The van der Waals surface area contributed by atoms with Crippen LogP contribution in [0.25, 0.3) is 0 Å². The van der Waals surface area contributed by atoms with Crippen molar-refractivity contribution in [3.8, 4) is 0 Å². The molecule has 1 aromatic heterocycles. The molecular formula is C12H21N5O. The van der Waals surface area contributed by atoms with Gasteiger partial charge in [0.25, 0.3) is 0 Å². The SMILES string of the molecule is CCc1c(NN)ncnc1NC1CCCC1CO. The first-order valence-electron chi connectivity index (χ1n) is 6.48. The molecule has 5 N–H and O–H groups in total. The van der Waals surface area contributed by atoms with Gasteiger partial charge in [0, 0.05) is 24.1 Å². The number of aromatic nitrogens is 2. The second kappa shape index (κ2) is 5.97. The standard InChI is InChI=1S/C12H21N5O/c1-2-9-11(14-7-15-12(9)17-13)16-10-5-3-4-8(10)6-18/h7-8,10,18H,2-6,13H2,1H3,(H2,14,15,16,17). The van der Waals surface area contributed by atoms with Gasteiger partial charge in [0.1, 0.15) is 18.0 Å². The average molecular weight is 251 g/mol. The number of hydrogen-bond acceptors (Lipinski definition) is 6. The van der Waals surface area contributed by atoms with Gasteiger partial charge >= 0.3 is 0 Å². The highest BCUT2D eigenvalue weighted by Gasteiger charge is 2.27. The van der Waals surface area contributed by atoms with Gasteiger partial charge in [0.15, 0.2) is 0 Å². The largest absolute Gasteiger partial charge is 0.396 e. The lowest BCUT2D eigenvalue weighted by Gasteiger charge is -2.21. The molecule has 2 rings (SSSR count). The number of aliphatic hydroxyl groups excluding tert-OH is 1. The molecule has 0 saturated heterocycles. The molecule has 2 atom stereocenters. The summed E-state index contributed by atoms with van der Waals surface area (Å²) in [5.74, 6) is 7.25. The van der Waals surface area contributed by atoms with Crippen LogP contribution in [0.2, 0.25) is 0 Å². The zero-order chi connectivity index (χ0) is 13.0. The lowest BCUT2D eigenvalue weighted by molar-refractivity contribution is 0.222. The molecule has 100 valence electrons. The summed E-state index contributed by atoms with van der Waals surface area (Å²) in [5.41, 5.74) is 3.59. The van der Waals surface area contributed by atoms with Crippen molar-refractivity contribution in [1.82, 2.24) is 9.97 Å². The molecule has 6 nitrogen and oxygen atoms in total. The van der Waals surface area contributed by atoms with Crippen molar-refractivity contribution in [2.24, 2.45) is 11.8 Å². The Morgan fingerprint density at radius 2 is 2.17 bits per heavy atom. The minimum Gasteiger partial charge on any atom is -0.396 e. The first-order chi connectivity index (χ1) is 8.80. The normalized spacial score (nSPS) is 23.1. The number of nitrogens with one attached hydrogen (secondary N) is 2. The van der Waals surface area contributed by atoms with Crippen LogP contribution in [0.3, 0.4) is 0 Å². The highest BCUT2D eigenvalue weighted by Crippen LogP contribution is 2.29. The average Bonchev–Trinajstić information content (AvgIpc) is 2.85. The number of aliphatic hydroxyl groups is 1. The van der Waals surface area contributed by atoms with Gasteiger partial charge in [-0.15, -0.1) is 0 Å². The van der Waals surface area contributed by atoms with Gasteiger partial charge in [-0.2, -0.15) is 0 Å². The van der Waals surface area contributed by atoms with E-state index in [1.165, 1.54) is 6.33 Å². The van der Waals surface area contributed by atoms with Crippen molar-refractivity contribution in [2.45, 2.75) is 38.6 Å². The number of nitrogens with zero attached hydrogens (tertiary/aromatic N) is 2. The fraction of sp³-hybridized carbons (Fsp3) is 0.667. The number of hydrazine groups is 1. The minimum atomic E-state index is 0.228. The van der Waals surface area contributed by atoms with E-state index in [0.717, 1.165) is 37.1 Å². The van der Waals surface area contributed by atoms with Crippen molar-refractivity contribution in [1.29, 1.82) is 0 Å². The molecule has 0 aromatic carbocycles. The number of nitrogen functional groups attached to an aromatic ring is 1. The van der Waals surface area contributed by atoms with Gasteiger partial charge in [0.2, 0.25) is 0 Å². The van der Waals surface area contributed by atoms with Crippen LogP contribution in [0.4, 0.5) is 11.6 Å². The molecule has 0 amide bonds. The first-order valence-corrected chi connectivity index (χ1v) is 6.48. The minimum absolute atomic E-state index is 0.228. The summed E-state index contributed by atoms with van der Waals surface area (Å²) in [6.45, 7) is 2.27. The molecule has 1 heterocycles. The lowest BCUT2D eigenvalue weighted by Crippen LogP contribution is -2.27. The fourth-order valence-electron chi connectivity index (χ4n) is 2.62. The third kappa shape index (κ3) is 2.54. The molecule has 2 unspecified atom stereocenters. The van der Waals surface area contributed by atoms with Crippen LogP contribution in [0.1, 0.15) is 31.7 Å². The maximum absolute atomic E-state index is 9.34. The summed E-state index contributed by atoms with van der Waals surface area (Å²) in [4.78, 5) is 8.40. The molecule has 6 heteroatoms. The Kier molecular flexibility index (Phi) is 4.33. The van der Waals surface area contributed by atoms with Crippen molar-refractivity contribution >= 4 is 11.6 Å². The van der Waals surface area contributed by atoms with Gasteiger partial charge in [-0.05, 0) is 19.3 Å². The Labute approximate surface area is 107 Å².